The third-order valence-corrected chi connectivity index (χ3v) is 5.94. The van der Waals surface area contributed by atoms with Crippen LogP contribution in [0.5, 0.6) is 0 Å². The van der Waals surface area contributed by atoms with Crippen molar-refractivity contribution in [1.82, 2.24) is 35.6 Å². The van der Waals surface area contributed by atoms with E-state index in [0.717, 1.165) is 24.1 Å². The van der Waals surface area contributed by atoms with Crippen molar-refractivity contribution < 1.29 is 9.59 Å². The molecule has 1 aliphatic heterocycles. The molecule has 2 aromatic heterocycles. The van der Waals surface area contributed by atoms with Gasteiger partial charge in [-0.25, -0.2) is 9.97 Å². The molecule has 0 radical (unpaired) electrons. The van der Waals surface area contributed by atoms with E-state index in [9.17, 15) is 9.59 Å². The highest BCUT2D eigenvalue weighted by molar-refractivity contribution is 5.92. The van der Waals surface area contributed by atoms with Gasteiger partial charge in [0.05, 0.1) is 11.9 Å². The maximum absolute atomic E-state index is 12.6. The number of nitrogens with zero attached hydrogens (tertiary/aromatic N) is 5. The van der Waals surface area contributed by atoms with E-state index in [-0.39, 0.29) is 30.5 Å². The van der Waals surface area contributed by atoms with E-state index in [1.807, 2.05) is 6.20 Å². The maximum Gasteiger partial charge on any atom is 0.273 e. The minimum Gasteiger partial charge on any atom is -0.351 e. The summed E-state index contributed by atoms with van der Waals surface area (Å²) < 4.78 is 0. The summed E-state index contributed by atoms with van der Waals surface area (Å²) in [5, 5.41) is 15.8. The number of rotatable bonds is 6. The van der Waals surface area contributed by atoms with Crippen molar-refractivity contribution in [1.29, 1.82) is 0 Å². The molecular formula is C22H24N8O2. The summed E-state index contributed by atoms with van der Waals surface area (Å²) in [6, 6.07) is 8.81. The summed E-state index contributed by atoms with van der Waals surface area (Å²) in [7, 11) is 0. The lowest BCUT2D eigenvalue weighted by Crippen LogP contribution is -2.38. The molecule has 10 heteroatoms. The van der Waals surface area contributed by atoms with Gasteiger partial charge >= 0.3 is 0 Å². The minimum absolute atomic E-state index is 0.0120. The lowest BCUT2D eigenvalue weighted by Gasteiger charge is -2.28. The third-order valence-electron chi connectivity index (χ3n) is 5.94. The fraction of sp³-hybridized carbons (Fsp3) is 0.364. The van der Waals surface area contributed by atoms with E-state index in [1.165, 1.54) is 17.3 Å². The van der Waals surface area contributed by atoms with Crippen molar-refractivity contribution in [3.8, 4) is 0 Å². The number of benzene rings is 1. The van der Waals surface area contributed by atoms with Gasteiger partial charge in [-0.3, -0.25) is 9.59 Å². The van der Waals surface area contributed by atoms with Crippen molar-refractivity contribution in [2.24, 2.45) is 0 Å². The highest BCUT2D eigenvalue weighted by atomic mass is 16.2. The topological polar surface area (TPSA) is 129 Å². The molecule has 0 fully saturated rings. The van der Waals surface area contributed by atoms with Crippen LogP contribution in [0, 0.1) is 0 Å². The number of fused-ring (bicyclic) bond motifs is 2. The Morgan fingerprint density at radius 3 is 2.69 bits per heavy atom. The van der Waals surface area contributed by atoms with Gasteiger partial charge in [-0.05, 0) is 24.0 Å². The highest BCUT2D eigenvalue weighted by Crippen LogP contribution is 2.24. The van der Waals surface area contributed by atoms with Crippen LogP contribution in [0.4, 0.5) is 5.95 Å². The number of amides is 2. The first-order chi connectivity index (χ1) is 15.7. The van der Waals surface area contributed by atoms with E-state index in [0.29, 0.717) is 31.5 Å². The molecule has 3 N–H and O–H groups in total. The third kappa shape index (κ3) is 4.29. The zero-order valence-corrected chi connectivity index (χ0v) is 17.5. The van der Waals surface area contributed by atoms with Crippen LogP contribution in [0.1, 0.15) is 39.3 Å². The first kappa shape index (κ1) is 20.1. The van der Waals surface area contributed by atoms with Gasteiger partial charge in [-0.1, -0.05) is 24.3 Å². The summed E-state index contributed by atoms with van der Waals surface area (Å²) in [4.78, 5) is 35.4. The standard InChI is InChI=1S/C22H24N8O2/c31-20(5-7-23-21(32)19-12-25-29-28-19)30-8-6-18-16(13-30)11-24-22(27-18)26-17-9-14-3-1-2-4-15(14)10-17/h1-4,11-12,17H,5-10,13H2,(H,23,32)(H,24,26,27)(H,25,28,29). The molecule has 164 valence electrons. The lowest BCUT2D eigenvalue weighted by atomic mass is 10.1. The van der Waals surface area contributed by atoms with Crippen molar-refractivity contribution in [3.05, 3.63) is 64.7 Å². The molecule has 1 aromatic carbocycles. The predicted octanol–water partition coefficient (Wildman–Crippen LogP) is 0.879. The molecule has 0 bridgehead atoms. The molecule has 3 heterocycles. The van der Waals surface area contributed by atoms with Gasteiger partial charge in [0.1, 0.15) is 0 Å². The summed E-state index contributed by atoms with van der Waals surface area (Å²) in [5.74, 6) is 0.285. The van der Waals surface area contributed by atoms with E-state index in [1.54, 1.807) is 4.90 Å². The number of carbonyl (C=O) groups excluding carboxylic acids is 2. The molecule has 0 spiro atoms. The van der Waals surface area contributed by atoms with Gasteiger partial charge < -0.3 is 15.5 Å². The first-order valence-corrected chi connectivity index (χ1v) is 10.8. The molecule has 0 saturated carbocycles. The monoisotopic (exact) mass is 432 g/mol. The van der Waals surface area contributed by atoms with Gasteiger partial charge in [0.25, 0.3) is 5.91 Å². The number of nitrogens with one attached hydrogen (secondary N) is 3. The molecule has 32 heavy (non-hydrogen) atoms. The van der Waals surface area contributed by atoms with Gasteiger partial charge in [0.15, 0.2) is 5.69 Å². The second-order valence-electron chi connectivity index (χ2n) is 8.11. The smallest absolute Gasteiger partial charge is 0.273 e. The fourth-order valence-corrected chi connectivity index (χ4v) is 4.28. The largest absolute Gasteiger partial charge is 0.351 e. The SMILES string of the molecule is O=C(NCCC(=O)N1CCc2nc(NC3Cc4ccccc4C3)ncc2C1)c1cn[nH]n1. The molecule has 2 amide bonds. The summed E-state index contributed by atoms with van der Waals surface area (Å²) in [5.41, 5.74) is 4.92. The van der Waals surface area contributed by atoms with Crippen LogP contribution in [-0.2, 0) is 30.6 Å². The van der Waals surface area contributed by atoms with E-state index in [4.69, 9.17) is 4.98 Å². The Kier molecular flexibility index (Phi) is 5.49. The molecule has 10 nitrogen and oxygen atoms in total. The Morgan fingerprint density at radius 1 is 1.12 bits per heavy atom. The zero-order valence-electron chi connectivity index (χ0n) is 17.5. The highest BCUT2D eigenvalue weighted by Gasteiger charge is 2.24. The summed E-state index contributed by atoms with van der Waals surface area (Å²) in [6.45, 7) is 1.34. The number of carbonyl (C=O) groups is 2. The Bertz CT molecular complexity index is 1110. The van der Waals surface area contributed by atoms with Crippen molar-refractivity contribution in [2.75, 3.05) is 18.4 Å². The zero-order chi connectivity index (χ0) is 21.9. The molecular weight excluding hydrogens is 408 g/mol. The van der Waals surface area contributed by atoms with Crippen LogP contribution in [0.25, 0.3) is 0 Å². The Labute approximate surface area is 184 Å². The molecule has 0 unspecified atom stereocenters. The van der Waals surface area contributed by atoms with E-state index >= 15 is 0 Å². The molecule has 0 atom stereocenters. The van der Waals surface area contributed by atoms with E-state index in [2.05, 4.69) is 55.3 Å². The average Bonchev–Trinajstić information content (AvgIpc) is 3.48. The van der Waals surface area contributed by atoms with Gasteiger partial charge in [-0.2, -0.15) is 15.4 Å². The van der Waals surface area contributed by atoms with Crippen molar-refractivity contribution in [2.45, 2.75) is 38.3 Å². The van der Waals surface area contributed by atoms with Crippen LogP contribution in [-0.4, -0.2) is 61.2 Å². The second kappa shape index (κ2) is 8.74. The molecule has 2 aliphatic rings. The average molecular weight is 432 g/mol. The number of hydrogen-bond donors (Lipinski definition) is 3. The number of anilines is 1. The number of H-pyrrole nitrogens is 1. The maximum atomic E-state index is 12.6. The molecule has 5 rings (SSSR count). The summed E-state index contributed by atoms with van der Waals surface area (Å²) >= 11 is 0. The normalized spacial score (nSPS) is 15.2. The van der Waals surface area contributed by atoms with Gasteiger partial charge in [0.2, 0.25) is 11.9 Å². The van der Waals surface area contributed by atoms with Gasteiger partial charge in [0, 0.05) is 50.3 Å². The van der Waals surface area contributed by atoms with Crippen LogP contribution < -0.4 is 10.6 Å². The fourth-order valence-electron chi connectivity index (χ4n) is 4.28. The number of aromatic amines is 1. The van der Waals surface area contributed by atoms with Crippen LogP contribution in [0.2, 0.25) is 0 Å². The van der Waals surface area contributed by atoms with Crippen molar-refractivity contribution >= 4 is 17.8 Å². The van der Waals surface area contributed by atoms with Crippen LogP contribution >= 0.6 is 0 Å². The predicted molar refractivity (Wildman–Crippen MR) is 116 cm³/mol. The van der Waals surface area contributed by atoms with E-state index < -0.39 is 0 Å². The quantitative estimate of drug-likeness (QED) is 0.527. The minimum atomic E-state index is -0.352. The molecule has 0 saturated heterocycles. The summed E-state index contributed by atoms with van der Waals surface area (Å²) in [6.07, 6.45) is 6.03. The Hall–Kier alpha value is -3.82. The Morgan fingerprint density at radius 2 is 1.94 bits per heavy atom. The second-order valence-corrected chi connectivity index (χ2v) is 8.11. The number of aromatic nitrogens is 5. The first-order valence-electron chi connectivity index (χ1n) is 10.8. The van der Waals surface area contributed by atoms with Crippen LogP contribution in [0.15, 0.2) is 36.7 Å². The Balaban J connectivity index is 1.13. The number of hydrogen-bond acceptors (Lipinski definition) is 7. The molecule has 3 aromatic rings. The van der Waals surface area contributed by atoms with Crippen molar-refractivity contribution in [3.63, 3.8) is 0 Å². The molecule has 1 aliphatic carbocycles. The van der Waals surface area contributed by atoms with Crippen LogP contribution in [0.3, 0.4) is 0 Å². The van der Waals surface area contributed by atoms with Gasteiger partial charge in [-0.15, -0.1) is 0 Å². The lowest BCUT2D eigenvalue weighted by molar-refractivity contribution is -0.132.